The van der Waals surface area contributed by atoms with Crippen LogP contribution in [0.2, 0.25) is 0 Å². The molecule has 2 aromatic carbocycles. The van der Waals surface area contributed by atoms with Gasteiger partial charge >= 0.3 is 5.69 Å². The molecule has 0 saturated carbocycles. The van der Waals surface area contributed by atoms with Gasteiger partial charge in [-0.2, -0.15) is 0 Å². The van der Waals surface area contributed by atoms with Crippen molar-refractivity contribution in [2.24, 2.45) is 0 Å². The smallest absolute Gasteiger partial charge is 0.330 e. The number of H-pyrrole nitrogens is 1. The quantitative estimate of drug-likeness (QED) is 0.492. The maximum absolute atomic E-state index is 12.5. The summed E-state index contributed by atoms with van der Waals surface area (Å²) in [5.74, 6) is 0.778. The highest BCUT2D eigenvalue weighted by molar-refractivity contribution is 5.62. The van der Waals surface area contributed by atoms with E-state index in [-0.39, 0.29) is 24.6 Å². The van der Waals surface area contributed by atoms with Crippen molar-refractivity contribution >= 4 is 11.5 Å². The van der Waals surface area contributed by atoms with E-state index >= 15 is 0 Å². The Morgan fingerprint density at radius 2 is 1.87 bits per heavy atom. The van der Waals surface area contributed by atoms with Crippen LogP contribution in [0.4, 0.5) is 11.5 Å². The minimum atomic E-state index is -0.576. The number of hydrogen-bond acceptors (Lipinski definition) is 7. The van der Waals surface area contributed by atoms with Crippen LogP contribution in [0.25, 0.3) is 11.5 Å². The summed E-state index contributed by atoms with van der Waals surface area (Å²) in [7, 11) is 1.68. The minimum absolute atomic E-state index is 0.0681. The minimum Gasteiger partial charge on any atom is -0.419 e. The second kappa shape index (κ2) is 8.31. The second-order valence-electron chi connectivity index (χ2n) is 7.29. The number of nitrogens with two attached hydrogens (primary N) is 1. The molecule has 0 bridgehead atoms. The van der Waals surface area contributed by atoms with Crippen molar-refractivity contribution in [1.82, 2.24) is 19.7 Å². The SMILES string of the molecule is Cc1cccc(-c2nnc(CN(C)c3c(N)n(Cc4ccccc4)c(=O)[nH]c3=O)o2)c1. The molecule has 0 spiro atoms. The molecule has 0 fully saturated rings. The van der Waals surface area contributed by atoms with Crippen LogP contribution in [0.5, 0.6) is 0 Å². The molecule has 0 atom stereocenters. The highest BCUT2D eigenvalue weighted by atomic mass is 16.4. The number of nitrogens with one attached hydrogen (secondary N) is 1. The van der Waals surface area contributed by atoms with E-state index in [0.29, 0.717) is 11.8 Å². The fourth-order valence-corrected chi connectivity index (χ4v) is 3.36. The van der Waals surface area contributed by atoms with Crippen LogP contribution in [0, 0.1) is 6.92 Å². The van der Waals surface area contributed by atoms with Crippen molar-refractivity contribution in [3.8, 4) is 11.5 Å². The topological polar surface area (TPSA) is 123 Å². The number of benzene rings is 2. The number of hydrogen-bond donors (Lipinski definition) is 2. The van der Waals surface area contributed by atoms with Gasteiger partial charge in [0.15, 0.2) is 0 Å². The highest BCUT2D eigenvalue weighted by Gasteiger charge is 2.19. The normalized spacial score (nSPS) is 10.9. The van der Waals surface area contributed by atoms with Crippen LogP contribution in [0.3, 0.4) is 0 Å². The van der Waals surface area contributed by atoms with Gasteiger partial charge in [0.2, 0.25) is 11.8 Å². The lowest BCUT2D eigenvalue weighted by Gasteiger charge is -2.20. The zero-order chi connectivity index (χ0) is 22.0. The molecule has 158 valence electrons. The molecule has 2 aromatic heterocycles. The summed E-state index contributed by atoms with van der Waals surface area (Å²) >= 11 is 0. The van der Waals surface area contributed by atoms with Gasteiger partial charge in [-0.3, -0.25) is 14.3 Å². The molecule has 4 aromatic rings. The molecule has 9 heteroatoms. The molecular formula is C22H22N6O3. The summed E-state index contributed by atoms with van der Waals surface area (Å²) in [6.45, 7) is 2.37. The number of rotatable bonds is 6. The Morgan fingerprint density at radius 1 is 1.10 bits per heavy atom. The first kappa shape index (κ1) is 20.1. The summed E-state index contributed by atoms with van der Waals surface area (Å²) in [6.07, 6.45) is 0. The van der Waals surface area contributed by atoms with Gasteiger partial charge < -0.3 is 15.1 Å². The zero-order valence-electron chi connectivity index (χ0n) is 17.2. The van der Waals surface area contributed by atoms with Crippen LogP contribution < -0.4 is 21.9 Å². The van der Waals surface area contributed by atoms with E-state index in [1.807, 2.05) is 61.5 Å². The molecule has 0 aliphatic carbocycles. The van der Waals surface area contributed by atoms with Crippen LogP contribution >= 0.6 is 0 Å². The van der Waals surface area contributed by atoms with E-state index in [1.165, 1.54) is 4.57 Å². The molecule has 0 unspecified atom stereocenters. The highest BCUT2D eigenvalue weighted by Crippen LogP contribution is 2.21. The van der Waals surface area contributed by atoms with E-state index < -0.39 is 11.2 Å². The first-order chi connectivity index (χ1) is 14.9. The molecule has 0 aliphatic heterocycles. The van der Waals surface area contributed by atoms with Crippen LogP contribution in [0.1, 0.15) is 17.0 Å². The fourth-order valence-electron chi connectivity index (χ4n) is 3.36. The first-order valence-corrected chi connectivity index (χ1v) is 9.69. The number of anilines is 2. The second-order valence-corrected chi connectivity index (χ2v) is 7.29. The fraction of sp³-hybridized carbons (Fsp3) is 0.182. The predicted molar refractivity (Wildman–Crippen MR) is 118 cm³/mol. The summed E-state index contributed by atoms with van der Waals surface area (Å²) in [6, 6.07) is 17.1. The first-order valence-electron chi connectivity index (χ1n) is 9.69. The van der Waals surface area contributed by atoms with Gasteiger partial charge in [0, 0.05) is 12.6 Å². The lowest BCUT2D eigenvalue weighted by Crippen LogP contribution is -2.37. The Bertz CT molecular complexity index is 1320. The molecular weight excluding hydrogens is 396 g/mol. The lowest BCUT2D eigenvalue weighted by atomic mass is 10.1. The van der Waals surface area contributed by atoms with Gasteiger partial charge in [-0.15, -0.1) is 10.2 Å². The molecule has 9 nitrogen and oxygen atoms in total. The monoisotopic (exact) mass is 418 g/mol. The third-order valence-corrected chi connectivity index (χ3v) is 4.88. The van der Waals surface area contributed by atoms with E-state index in [9.17, 15) is 9.59 Å². The molecule has 0 aliphatic rings. The maximum Gasteiger partial charge on any atom is 0.330 e. The van der Waals surface area contributed by atoms with Crippen molar-refractivity contribution in [3.05, 3.63) is 92.5 Å². The average molecular weight is 418 g/mol. The van der Waals surface area contributed by atoms with Gasteiger partial charge in [-0.1, -0.05) is 48.0 Å². The molecule has 2 heterocycles. The Hall–Kier alpha value is -4.14. The predicted octanol–water partition coefficient (Wildman–Crippen LogP) is 2.16. The Morgan fingerprint density at radius 3 is 2.61 bits per heavy atom. The number of aromatic amines is 1. The molecule has 3 N–H and O–H groups in total. The zero-order valence-corrected chi connectivity index (χ0v) is 17.2. The lowest BCUT2D eigenvalue weighted by molar-refractivity contribution is 0.503. The Kier molecular flexibility index (Phi) is 5.40. The maximum atomic E-state index is 12.5. The van der Waals surface area contributed by atoms with Crippen molar-refractivity contribution in [2.45, 2.75) is 20.0 Å². The van der Waals surface area contributed by atoms with Gasteiger partial charge in [0.25, 0.3) is 5.56 Å². The summed E-state index contributed by atoms with van der Waals surface area (Å²) < 4.78 is 7.09. The number of nitrogens with zero attached hydrogens (tertiary/aromatic N) is 4. The molecule has 31 heavy (non-hydrogen) atoms. The van der Waals surface area contributed by atoms with Crippen molar-refractivity contribution in [2.75, 3.05) is 17.7 Å². The largest absolute Gasteiger partial charge is 0.419 e. The van der Waals surface area contributed by atoms with Crippen LogP contribution in [-0.4, -0.2) is 26.8 Å². The number of nitrogen functional groups attached to an aromatic ring is 1. The van der Waals surface area contributed by atoms with Gasteiger partial charge in [0.1, 0.15) is 11.5 Å². The van der Waals surface area contributed by atoms with E-state index in [4.69, 9.17) is 10.2 Å². The third kappa shape index (κ3) is 4.25. The molecule has 4 rings (SSSR count). The van der Waals surface area contributed by atoms with Crippen molar-refractivity contribution in [1.29, 1.82) is 0 Å². The molecule has 0 amide bonds. The van der Waals surface area contributed by atoms with Gasteiger partial charge in [-0.25, -0.2) is 4.79 Å². The summed E-state index contributed by atoms with van der Waals surface area (Å²) in [5, 5.41) is 8.17. The molecule has 0 saturated heterocycles. The number of aromatic nitrogens is 4. The third-order valence-electron chi connectivity index (χ3n) is 4.88. The van der Waals surface area contributed by atoms with Crippen molar-refractivity contribution in [3.63, 3.8) is 0 Å². The van der Waals surface area contributed by atoms with Crippen molar-refractivity contribution < 1.29 is 4.42 Å². The van der Waals surface area contributed by atoms with E-state index in [2.05, 4.69) is 15.2 Å². The standard InChI is InChI=1S/C22H22N6O3/c1-14-7-6-10-16(11-14)21-26-25-17(31-21)13-27(2)18-19(23)28(22(30)24-20(18)29)12-15-8-4-3-5-9-15/h3-11H,12-13,23H2,1-2H3,(H,24,29,30). The van der Waals surface area contributed by atoms with Crippen LogP contribution in [-0.2, 0) is 13.1 Å². The molecule has 0 radical (unpaired) electrons. The summed E-state index contributed by atoms with van der Waals surface area (Å²) in [5.41, 5.74) is 8.03. The Labute approximate surface area is 177 Å². The van der Waals surface area contributed by atoms with Gasteiger partial charge in [-0.05, 0) is 24.6 Å². The average Bonchev–Trinajstić information content (AvgIpc) is 3.20. The summed E-state index contributed by atoms with van der Waals surface area (Å²) in [4.78, 5) is 28.8. The number of aryl methyl sites for hydroxylation is 1. The van der Waals surface area contributed by atoms with Gasteiger partial charge in [0.05, 0.1) is 13.1 Å². The van der Waals surface area contributed by atoms with Crippen LogP contribution in [0.15, 0.2) is 68.6 Å². The Balaban J connectivity index is 1.62. The van der Waals surface area contributed by atoms with E-state index in [1.54, 1.807) is 11.9 Å². The van der Waals surface area contributed by atoms with E-state index in [0.717, 1.165) is 16.7 Å².